The molecule has 14 N–H and O–H groups in total. The van der Waals surface area contributed by atoms with Crippen molar-refractivity contribution in [2.24, 2.45) is 22.9 Å². The Labute approximate surface area is 178 Å². The quantitative estimate of drug-likeness (QED) is 0.179. The summed E-state index contributed by atoms with van der Waals surface area (Å²) in [6, 6.07) is -2.72. The largest absolute Gasteiger partial charge is 0.394 e. The summed E-state index contributed by atoms with van der Waals surface area (Å²) < 4.78 is 22.5. The third-order valence-corrected chi connectivity index (χ3v) is 6.13. The van der Waals surface area contributed by atoms with Crippen molar-refractivity contribution in [3.05, 3.63) is 0 Å². The van der Waals surface area contributed by atoms with E-state index in [0.717, 1.165) is 0 Å². The zero-order valence-corrected chi connectivity index (χ0v) is 16.8. The molecule has 0 amide bonds. The van der Waals surface area contributed by atoms with Crippen molar-refractivity contribution < 1.29 is 49.6 Å². The van der Waals surface area contributed by atoms with Crippen LogP contribution in [-0.2, 0) is 18.9 Å². The first-order chi connectivity index (χ1) is 14.6. The first-order valence-corrected chi connectivity index (χ1v) is 10.2. The maximum absolute atomic E-state index is 10.6. The molecule has 0 bridgehead atoms. The van der Waals surface area contributed by atoms with E-state index in [0.29, 0.717) is 0 Å². The maximum atomic E-state index is 10.6. The van der Waals surface area contributed by atoms with Gasteiger partial charge in [-0.3, -0.25) is 0 Å². The molecule has 1 saturated carbocycles. The fourth-order valence-corrected chi connectivity index (χ4v) is 4.16. The molecule has 2 heterocycles. The Balaban J connectivity index is 1.78. The zero-order valence-electron chi connectivity index (χ0n) is 16.8. The zero-order chi connectivity index (χ0) is 23.0. The van der Waals surface area contributed by atoms with E-state index in [-0.39, 0.29) is 13.0 Å². The minimum absolute atomic E-state index is 0.114. The average Bonchev–Trinajstić information content (AvgIpc) is 3.02. The molecule has 2 saturated heterocycles. The summed E-state index contributed by atoms with van der Waals surface area (Å²) in [7, 11) is 0. The van der Waals surface area contributed by atoms with Gasteiger partial charge in [0.15, 0.2) is 12.6 Å². The minimum atomic E-state index is -1.51. The third-order valence-electron chi connectivity index (χ3n) is 6.13. The Hall–Kier alpha value is -0.560. The van der Waals surface area contributed by atoms with E-state index in [1.54, 1.807) is 0 Å². The summed E-state index contributed by atoms with van der Waals surface area (Å²) in [4.78, 5) is 0. The van der Waals surface area contributed by atoms with Gasteiger partial charge in [-0.2, -0.15) is 0 Å². The van der Waals surface area contributed by atoms with Crippen molar-refractivity contribution >= 4 is 0 Å². The SMILES string of the molecule is NC[C@@H]1O[C@H](O[C@H]2[C@@H](O[C@H]3O[C@@H](CO)[C@@H](O)[C@H]3O)[C@H](O)[C@H](N)C[C@H]2N)[C@H](N)[C@H](O)[C@@H]1O. The van der Waals surface area contributed by atoms with Gasteiger partial charge in [0.1, 0.15) is 48.8 Å². The standard InChI is InChI=1S/C17H34N4O10/c18-2-6-10(24)12(26)8(21)16(28-6)30-14-5(20)1-4(19)9(23)15(14)31-17-13(27)11(25)7(3-22)29-17/h4-17,22-27H,1-3,18-21H2/t4-,5-,6+,7+,8-,9-,10-,11-,12+,13-,14-,15+,16-,17-/m1/s1. The molecule has 14 heteroatoms. The lowest BCUT2D eigenvalue weighted by atomic mass is 9.84. The van der Waals surface area contributed by atoms with Gasteiger partial charge in [0.2, 0.25) is 0 Å². The van der Waals surface area contributed by atoms with E-state index in [9.17, 15) is 30.6 Å². The third kappa shape index (κ3) is 4.87. The van der Waals surface area contributed by atoms with Crippen LogP contribution in [0.3, 0.4) is 0 Å². The molecule has 0 aromatic carbocycles. The Morgan fingerprint density at radius 1 is 0.710 bits per heavy atom. The smallest absolute Gasteiger partial charge is 0.187 e. The highest BCUT2D eigenvalue weighted by Gasteiger charge is 2.52. The Morgan fingerprint density at radius 2 is 1.29 bits per heavy atom. The topological polar surface area (TPSA) is 262 Å². The normalized spacial score (nSPS) is 53.6. The molecule has 3 fully saturated rings. The molecule has 0 unspecified atom stereocenters. The van der Waals surface area contributed by atoms with Gasteiger partial charge < -0.3 is 72.5 Å². The lowest BCUT2D eigenvalue weighted by molar-refractivity contribution is -0.306. The van der Waals surface area contributed by atoms with Gasteiger partial charge >= 0.3 is 0 Å². The van der Waals surface area contributed by atoms with Crippen LogP contribution < -0.4 is 22.9 Å². The van der Waals surface area contributed by atoms with Gasteiger partial charge in [-0.25, -0.2) is 0 Å². The second-order valence-corrected chi connectivity index (χ2v) is 8.30. The van der Waals surface area contributed by atoms with Crippen molar-refractivity contribution in [3.63, 3.8) is 0 Å². The molecular weight excluding hydrogens is 420 g/mol. The fraction of sp³-hybridized carbons (Fsp3) is 1.00. The molecule has 1 aliphatic carbocycles. The van der Waals surface area contributed by atoms with Crippen LogP contribution in [0.15, 0.2) is 0 Å². The summed E-state index contributed by atoms with van der Waals surface area (Å²) in [6.07, 6.45) is -13.8. The van der Waals surface area contributed by atoms with Gasteiger partial charge in [0.25, 0.3) is 0 Å². The molecule has 2 aliphatic heterocycles. The monoisotopic (exact) mass is 454 g/mol. The first-order valence-electron chi connectivity index (χ1n) is 10.2. The summed E-state index contributed by atoms with van der Waals surface area (Å²) in [6.45, 7) is -0.673. The Morgan fingerprint density at radius 3 is 1.87 bits per heavy atom. The predicted octanol–water partition coefficient (Wildman–Crippen LogP) is -6.65. The van der Waals surface area contributed by atoms with Crippen molar-refractivity contribution in [1.82, 2.24) is 0 Å². The number of aliphatic hydroxyl groups is 6. The lowest BCUT2D eigenvalue weighted by Gasteiger charge is -2.47. The lowest BCUT2D eigenvalue weighted by Crippen LogP contribution is -2.68. The van der Waals surface area contributed by atoms with Crippen LogP contribution in [0, 0.1) is 0 Å². The second kappa shape index (κ2) is 10.1. The van der Waals surface area contributed by atoms with Crippen molar-refractivity contribution in [3.8, 4) is 0 Å². The Bertz CT molecular complexity index is 591. The van der Waals surface area contributed by atoms with Crippen LogP contribution in [0.25, 0.3) is 0 Å². The number of ether oxygens (including phenoxy) is 4. The number of nitrogens with two attached hydrogens (primary N) is 4. The van der Waals surface area contributed by atoms with Crippen LogP contribution in [0.5, 0.6) is 0 Å². The number of aliphatic hydroxyl groups excluding tert-OH is 6. The molecule has 0 aromatic heterocycles. The molecular formula is C17H34N4O10. The van der Waals surface area contributed by atoms with Crippen LogP contribution in [-0.4, -0.2) is 129 Å². The van der Waals surface area contributed by atoms with Crippen molar-refractivity contribution in [2.45, 2.75) is 92.1 Å². The predicted molar refractivity (Wildman–Crippen MR) is 102 cm³/mol. The molecule has 182 valence electrons. The second-order valence-electron chi connectivity index (χ2n) is 8.30. The molecule has 14 atom stereocenters. The van der Waals surface area contributed by atoms with E-state index in [2.05, 4.69) is 0 Å². The number of rotatable bonds is 6. The van der Waals surface area contributed by atoms with Crippen molar-refractivity contribution in [1.29, 1.82) is 0 Å². The van der Waals surface area contributed by atoms with Gasteiger partial charge in [-0.05, 0) is 6.42 Å². The van der Waals surface area contributed by atoms with Gasteiger partial charge in [-0.15, -0.1) is 0 Å². The summed E-state index contributed by atoms with van der Waals surface area (Å²) in [5, 5.41) is 60.2. The maximum Gasteiger partial charge on any atom is 0.187 e. The highest BCUT2D eigenvalue weighted by atomic mass is 16.7. The van der Waals surface area contributed by atoms with E-state index in [1.807, 2.05) is 0 Å². The number of hydrogen-bond donors (Lipinski definition) is 10. The highest BCUT2D eigenvalue weighted by Crippen LogP contribution is 2.31. The Kier molecular flexibility index (Phi) is 8.21. The average molecular weight is 454 g/mol. The minimum Gasteiger partial charge on any atom is -0.394 e. The molecule has 0 radical (unpaired) electrons. The summed E-state index contributed by atoms with van der Waals surface area (Å²) >= 11 is 0. The molecule has 31 heavy (non-hydrogen) atoms. The van der Waals surface area contributed by atoms with Crippen LogP contribution in [0.2, 0.25) is 0 Å². The summed E-state index contributed by atoms with van der Waals surface area (Å²) in [5.41, 5.74) is 23.6. The van der Waals surface area contributed by atoms with E-state index in [4.69, 9.17) is 41.9 Å². The molecule has 3 aliphatic rings. The van der Waals surface area contributed by atoms with Gasteiger partial charge in [-0.1, -0.05) is 0 Å². The van der Waals surface area contributed by atoms with Crippen LogP contribution >= 0.6 is 0 Å². The van der Waals surface area contributed by atoms with E-state index in [1.165, 1.54) is 0 Å². The highest BCUT2D eigenvalue weighted by molar-refractivity contribution is 5.01. The summed E-state index contributed by atoms with van der Waals surface area (Å²) in [5.74, 6) is 0. The van der Waals surface area contributed by atoms with Crippen LogP contribution in [0.1, 0.15) is 6.42 Å². The van der Waals surface area contributed by atoms with E-state index < -0.39 is 92.2 Å². The first kappa shape index (κ1) is 25.1. The van der Waals surface area contributed by atoms with Crippen molar-refractivity contribution in [2.75, 3.05) is 13.2 Å². The van der Waals surface area contributed by atoms with E-state index >= 15 is 0 Å². The number of hydrogen-bond acceptors (Lipinski definition) is 14. The molecule has 0 spiro atoms. The van der Waals surface area contributed by atoms with Gasteiger partial charge in [0.05, 0.1) is 18.8 Å². The fourth-order valence-electron chi connectivity index (χ4n) is 4.16. The van der Waals surface area contributed by atoms with Gasteiger partial charge in [0, 0.05) is 18.6 Å². The van der Waals surface area contributed by atoms with Crippen LogP contribution in [0.4, 0.5) is 0 Å². The molecule has 0 aromatic rings. The molecule has 14 nitrogen and oxygen atoms in total. The molecule has 3 rings (SSSR count).